The van der Waals surface area contributed by atoms with E-state index >= 15 is 0 Å². The standard InChI is InChI=1S/C13H22O/c1-5-8-13(14)9-6-11(7-10-13)12(2,3)4/h5-6,9,11,14H,1,7-8,10H2,2-4H3/t11-,13+/m1/s1. The van der Waals surface area contributed by atoms with E-state index in [4.69, 9.17) is 0 Å². The summed E-state index contributed by atoms with van der Waals surface area (Å²) in [7, 11) is 0. The molecule has 0 heterocycles. The number of hydrogen-bond donors (Lipinski definition) is 1. The Morgan fingerprint density at radius 3 is 2.57 bits per heavy atom. The summed E-state index contributed by atoms with van der Waals surface area (Å²) < 4.78 is 0. The van der Waals surface area contributed by atoms with E-state index < -0.39 is 5.60 Å². The molecule has 0 aromatic heterocycles. The van der Waals surface area contributed by atoms with Gasteiger partial charge in [-0.15, -0.1) is 6.58 Å². The van der Waals surface area contributed by atoms with Crippen LogP contribution in [-0.2, 0) is 0 Å². The summed E-state index contributed by atoms with van der Waals surface area (Å²) in [4.78, 5) is 0. The topological polar surface area (TPSA) is 20.2 Å². The Kier molecular flexibility index (Phi) is 3.20. The van der Waals surface area contributed by atoms with Crippen LogP contribution in [0.3, 0.4) is 0 Å². The molecule has 0 amide bonds. The molecule has 0 aromatic carbocycles. The van der Waals surface area contributed by atoms with Gasteiger partial charge in [-0.1, -0.05) is 39.0 Å². The van der Waals surface area contributed by atoms with Gasteiger partial charge in [-0.05, 0) is 30.6 Å². The first-order chi connectivity index (χ1) is 6.37. The minimum atomic E-state index is -0.622. The van der Waals surface area contributed by atoms with Gasteiger partial charge < -0.3 is 5.11 Å². The summed E-state index contributed by atoms with van der Waals surface area (Å²) in [6, 6.07) is 0. The Balaban J connectivity index is 2.68. The van der Waals surface area contributed by atoms with Crippen molar-refractivity contribution in [3.63, 3.8) is 0 Å². The van der Waals surface area contributed by atoms with Crippen LogP contribution < -0.4 is 0 Å². The van der Waals surface area contributed by atoms with E-state index in [1.165, 1.54) is 0 Å². The molecular weight excluding hydrogens is 172 g/mol. The number of aliphatic hydroxyl groups is 1. The molecule has 1 N–H and O–H groups in total. The lowest BCUT2D eigenvalue weighted by Gasteiger charge is -2.36. The predicted octanol–water partition coefficient (Wildman–Crippen LogP) is 3.31. The molecule has 0 aromatic rings. The van der Waals surface area contributed by atoms with E-state index in [1.54, 1.807) is 6.08 Å². The smallest absolute Gasteiger partial charge is 0.0862 e. The maximum atomic E-state index is 10.1. The number of allylic oxidation sites excluding steroid dienone is 1. The van der Waals surface area contributed by atoms with Crippen LogP contribution in [0.2, 0.25) is 0 Å². The lowest BCUT2D eigenvalue weighted by atomic mass is 9.72. The lowest BCUT2D eigenvalue weighted by molar-refractivity contribution is 0.0620. The van der Waals surface area contributed by atoms with Gasteiger partial charge >= 0.3 is 0 Å². The average Bonchev–Trinajstić information content (AvgIpc) is 2.03. The molecule has 1 aliphatic carbocycles. The van der Waals surface area contributed by atoms with Crippen LogP contribution in [0.4, 0.5) is 0 Å². The molecule has 0 saturated carbocycles. The van der Waals surface area contributed by atoms with Crippen molar-refractivity contribution in [2.75, 3.05) is 0 Å². The third kappa shape index (κ3) is 2.71. The predicted molar refractivity (Wildman–Crippen MR) is 61.1 cm³/mol. The van der Waals surface area contributed by atoms with Gasteiger partial charge in [0.05, 0.1) is 5.60 Å². The second kappa shape index (κ2) is 3.90. The van der Waals surface area contributed by atoms with Gasteiger partial charge in [0.25, 0.3) is 0 Å². The highest BCUT2D eigenvalue weighted by atomic mass is 16.3. The summed E-state index contributed by atoms with van der Waals surface area (Å²) >= 11 is 0. The van der Waals surface area contributed by atoms with Crippen molar-refractivity contribution in [2.45, 2.75) is 45.6 Å². The van der Waals surface area contributed by atoms with Gasteiger partial charge in [-0.25, -0.2) is 0 Å². The van der Waals surface area contributed by atoms with Crippen LogP contribution in [0.25, 0.3) is 0 Å². The number of hydrogen-bond acceptors (Lipinski definition) is 1. The minimum absolute atomic E-state index is 0.312. The molecule has 1 heteroatoms. The molecule has 1 aliphatic rings. The van der Waals surface area contributed by atoms with Crippen molar-refractivity contribution in [1.29, 1.82) is 0 Å². The van der Waals surface area contributed by atoms with Crippen molar-refractivity contribution in [3.8, 4) is 0 Å². The van der Waals surface area contributed by atoms with Crippen LogP contribution in [0, 0.1) is 11.3 Å². The van der Waals surface area contributed by atoms with E-state index in [9.17, 15) is 5.11 Å². The van der Waals surface area contributed by atoms with E-state index in [2.05, 4.69) is 33.4 Å². The van der Waals surface area contributed by atoms with Crippen LogP contribution in [-0.4, -0.2) is 10.7 Å². The molecule has 14 heavy (non-hydrogen) atoms. The molecular formula is C13H22O. The molecule has 0 fully saturated rings. The van der Waals surface area contributed by atoms with E-state index in [1.807, 2.05) is 6.08 Å². The Morgan fingerprint density at radius 2 is 2.21 bits per heavy atom. The van der Waals surface area contributed by atoms with Crippen molar-refractivity contribution in [3.05, 3.63) is 24.8 Å². The molecule has 0 unspecified atom stereocenters. The van der Waals surface area contributed by atoms with E-state index in [-0.39, 0.29) is 0 Å². The van der Waals surface area contributed by atoms with E-state index in [0.717, 1.165) is 12.8 Å². The zero-order valence-corrected chi connectivity index (χ0v) is 9.59. The Labute approximate surface area is 87.5 Å². The lowest BCUT2D eigenvalue weighted by Crippen LogP contribution is -2.32. The Hall–Kier alpha value is -0.560. The quantitative estimate of drug-likeness (QED) is 0.669. The zero-order chi connectivity index (χ0) is 10.8. The highest BCUT2D eigenvalue weighted by molar-refractivity contribution is 5.11. The van der Waals surface area contributed by atoms with Crippen LogP contribution in [0.1, 0.15) is 40.0 Å². The largest absolute Gasteiger partial charge is 0.385 e. The normalized spacial score (nSPS) is 33.0. The zero-order valence-electron chi connectivity index (χ0n) is 9.59. The van der Waals surface area contributed by atoms with Crippen LogP contribution >= 0.6 is 0 Å². The molecule has 1 rings (SSSR count). The third-order valence-corrected chi connectivity index (χ3v) is 3.14. The van der Waals surface area contributed by atoms with E-state index in [0.29, 0.717) is 17.8 Å². The number of rotatable bonds is 2. The van der Waals surface area contributed by atoms with Gasteiger partial charge in [-0.3, -0.25) is 0 Å². The maximum absolute atomic E-state index is 10.1. The third-order valence-electron chi connectivity index (χ3n) is 3.14. The summed E-state index contributed by atoms with van der Waals surface area (Å²) in [6.45, 7) is 10.4. The van der Waals surface area contributed by atoms with Crippen molar-refractivity contribution < 1.29 is 5.11 Å². The fraction of sp³-hybridized carbons (Fsp3) is 0.692. The molecule has 0 radical (unpaired) electrons. The van der Waals surface area contributed by atoms with Crippen LogP contribution in [0.15, 0.2) is 24.8 Å². The first kappa shape index (κ1) is 11.5. The molecule has 80 valence electrons. The minimum Gasteiger partial charge on any atom is -0.385 e. The van der Waals surface area contributed by atoms with Crippen molar-refractivity contribution in [2.24, 2.45) is 11.3 Å². The fourth-order valence-electron chi connectivity index (χ4n) is 2.02. The first-order valence-electron chi connectivity index (χ1n) is 5.40. The SMILES string of the molecule is C=CC[C@]1(O)C=C[C@@H](C(C)(C)C)CC1. The summed E-state index contributed by atoms with van der Waals surface area (Å²) in [6.07, 6.45) is 8.53. The molecule has 0 bridgehead atoms. The Morgan fingerprint density at radius 1 is 1.57 bits per heavy atom. The monoisotopic (exact) mass is 194 g/mol. The molecule has 0 spiro atoms. The highest BCUT2D eigenvalue weighted by Gasteiger charge is 2.31. The first-order valence-corrected chi connectivity index (χ1v) is 5.40. The second-order valence-electron chi connectivity index (χ2n) is 5.47. The molecule has 0 saturated heterocycles. The van der Waals surface area contributed by atoms with Gasteiger partial charge in [0.15, 0.2) is 0 Å². The Bertz CT molecular complexity index is 234. The van der Waals surface area contributed by atoms with Crippen molar-refractivity contribution >= 4 is 0 Å². The average molecular weight is 194 g/mol. The van der Waals surface area contributed by atoms with Crippen LogP contribution in [0.5, 0.6) is 0 Å². The maximum Gasteiger partial charge on any atom is 0.0862 e. The van der Waals surface area contributed by atoms with Gasteiger partial charge in [0, 0.05) is 0 Å². The summed E-state index contributed by atoms with van der Waals surface area (Å²) in [5.41, 5.74) is -0.310. The van der Waals surface area contributed by atoms with Gasteiger partial charge in [-0.2, -0.15) is 0 Å². The van der Waals surface area contributed by atoms with Gasteiger partial charge in [0.1, 0.15) is 0 Å². The molecule has 1 nitrogen and oxygen atoms in total. The summed E-state index contributed by atoms with van der Waals surface area (Å²) in [5.74, 6) is 0.590. The van der Waals surface area contributed by atoms with Gasteiger partial charge in [0.2, 0.25) is 0 Å². The van der Waals surface area contributed by atoms with Crippen molar-refractivity contribution in [1.82, 2.24) is 0 Å². The summed E-state index contributed by atoms with van der Waals surface area (Å²) in [5, 5.41) is 10.1. The molecule has 2 atom stereocenters. The second-order valence-corrected chi connectivity index (χ2v) is 5.47. The highest BCUT2D eigenvalue weighted by Crippen LogP contribution is 2.37. The fourth-order valence-corrected chi connectivity index (χ4v) is 2.02. The molecule has 0 aliphatic heterocycles.